The van der Waals surface area contributed by atoms with E-state index < -0.39 is 0 Å². The van der Waals surface area contributed by atoms with Crippen LogP contribution in [0.25, 0.3) is 0 Å². The van der Waals surface area contributed by atoms with E-state index in [2.05, 4.69) is 20.8 Å². The van der Waals surface area contributed by atoms with Gasteiger partial charge in [0.2, 0.25) is 5.91 Å². The van der Waals surface area contributed by atoms with E-state index in [0.717, 1.165) is 11.4 Å². The van der Waals surface area contributed by atoms with Gasteiger partial charge in [-0.15, -0.1) is 0 Å². The lowest BCUT2D eigenvalue weighted by Gasteiger charge is -2.06. The molecule has 1 heterocycles. The van der Waals surface area contributed by atoms with Gasteiger partial charge in [0.25, 0.3) is 0 Å². The summed E-state index contributed by atoms with van der Waals surface area (Å²) in [5, 5.41) is 8.00. The first kappa shape index (κ1) is 17.0. The van der Waals surface area contributed by atoms with Gasteiger partial charge in [0.1, 0.15) is 0 Å². The molecule has 0 radical (unpaired) electrons. The number of pyridine rings is 1. The molecule has 5 nitrogen and oxygen atoms in total. The average molecular weight is 331 g/mol. The molecule has 0 fully saturated rings. The number of hydrogen-bond donors (Lipinski definition) is 2. The molecule has 2 rings (SSSR count). The topological polar surface area (TPSA) is 66.4 Å². The number of benzene rings is 1. The molecular weight excluding hydrogens is 312 g/mol. The van der Waals surface area contributed by atoms with Crippen LogP contribution in [0.2, 0.25) is 5.02 Å². The second-order valence-electron chi connectivity index (χ2n) is 4.98. The van der Waals surface area contributed by atoms with Gasteiger partial charge in [-0.1, -0.05) is 17.7 Å². The summed E-state index contributed by atoms with van der Waals surface area (Å²) in [5.74, 6) is -0.113. The van der Waals surface area contributed by atoms with Gasteiger partial charge in [0, 0.05) is 29.9 Å². The van der Waals surface area contributed by atoms with E-state index in [9.17, 15) is 4.79 Å². The van der Waals surface area contributed by atoms with Gasteiger partial charge < -0.3 is 5.32 Å². The van der Waals surface area contributed by atoms with Crippen molar-refractivity contribution in [3.63, 3.8) is 0 Å². The van der Waals surface area contributed by atoms with Gasteiger partial charge >= 0.3 is 0 Å². The van der Waals surface area contributed by atoms with Gasteiger partial charge in [-0.05, 0) is 49.7 Å². The predicted molar refractivity (Wildman–Crippen MR) is 93.8 cm³/mol. The van der Waals surface area contributed by atoms with Crippen LogP contribution in [-0.2, 0) is 4.79 Å². The summed E-state index contributed by atoms with van der Waals surface area (Å²) in [6.07, 6.45) is 2.81. The van der Waals surface area contributed by atoms with Crippen molar-refractivity contribution < 1.29 is 4.79 Å². The summed E-state index contributed by atoms with van der Waals surface area (Å²) in [4.78, 5) is 15.9. The van der Waals surface area contributed by atoms with Gasteiger partial charge in [0.15, 0.2) is 0 Å². The fourth-order valence-corrected chi connectivity index (χ4v) is 2.01. The number of carbonyl (C=O) groups excluding carboxylic acids is 1. The lowest BCUT2D eigenvalue weighted by molar-refractivity contribution is -0.121. The second-order valence-corrected chi connectivity index (χ2v) is 5.42. The van der Waals surface area contributed by atoms with Crippen molar-refractivity contribution in [3.8, 4) is 0 Å². The SMILES string of the molecule is C/C(=N/NC(=O)CCCNc1ccc(Cl)cc1)c1ccccn1. The quantitative estimate of drug-likeness (QED) is 0.464. The van der Waals surface area contributed by atoms with Crippen LogP contribution in [0.1, 0.15) is 25.5 Å². The van der Waals surface area contributed by atoms with E-state index in [-0.39, 0.29) is 5.91 Å². The van der Waals surface area contributed by atoms with Crippen LogP contribution in [0.15, 0.2) is 53.8 Å². The molecule has 2 aromatic rings. The van der Waals surface area contributed by atoms with Gasteiger partial charge in [-0.3, -0.25) is 9.78 Å². The predicted octanol–water partition coefficient (Wildman–Crippen LogP) is 3.47. The molecule has 0 atom stereocenters. The van der Waals surface area contributed by atoms with E-state index in [1.54, 1.807) is 6.20 Å². The maximum Gasteiger partial charge on any atom is 0.240 e. The number of carbonyl (C=O) groups is 1. The molecule has 0 saturated carbocycles. The first-order valence-corrected chi connectivity index (χ1v) is 7.77. The third kappa shape index (κ3) is 6.08. The van der Waals surface area contributed by atoms with Crippen LogP contribution >= 0.6 is 11.6 Å². The zero-order chi connectivity index (χ0) is 16.5. The standard InChI is InChI=1S/C17H19ClN4O/c1-13(16-5-2-3-11-20-16)21-22-17(23)6-4-12-19-15-9-7-14(18)8-10-15/h2-3,5,7-11,19H,4,6,12H2,1H3,(H,22,23)/b21-13-. The number of nitrogens with one attached hydrogen (secondary N) is 2. The molecule has 1 aromatic heterocycles. The van der Waals surface area contributed by atoms with Crippen LogP contribution < -0.4 is 10.7 Å². The van der Waals surface area contributed by atoms with Crippen LogP contribution in [0, 0.1) is 0 Å². The highest BCUT2D eigenvalue weighted by molar-refractivity contribution is 6.30. The highest BCUT2D eigenvalue weighted by Crippen LogP contribution is 2.13. The Morgan fingerprint density at radius 2 is 2.00 bits per heavy atom. The third-order valence-electron chi connectivity index (χ3n) is 3.14. The van der Waals surface area contributed by atoms with Gasteiger partial charge in [0.05, 0.1) is 11.4 Å². The summed E-state index contributed by atoms with van der Waals surface area (Å²) < 4.78 is 0. The highest BCUT2D eigenvalue weighted by Gasteiger charge is 2.02. The van der Waals surface area contributed by atoms with Gasteiger partial charge in [-0.2, -0.15) is 5.10 Å². The van der Waals surface area contributed by atoms with Gasteiger partial charge in [-0.25, -0.2) is 5.43 Å². The molecule has 120 valence electrons. The maximum atomic E-state index is 11.8. The Balaban J connectivity index is 1.68. The Kier molecular flexibility index (Phi) is 6.56. The highest BCUT2D eigenvalue weighted by atomic mass is 35.5. The zero-order valence-corrected chi connectivity index (χ0v) is 13.7. The number of hydrazone groups is 1. The maximum absolute atomic E-state index is 11.8. The lowest BCUT2D eigenvalue weighted by Crippen LogP contribution is -2.20. The summed E-state index contributed by atoms with van der Waals surface area (Å²) in [5.41, 5.74) is 4.96. The molecule has 0 bridgehead atoms. The van der Waals surface area contributed by atoms with Crippen LogP contribution in [0.3, 0.4) is 0 Å². The first-order valence-electron chi connectivity index (χ1n) is 7.39. The average Bonchev–Trinajstić information content (AvgIpc) is 2.59. The minimum Gasteiger partial charge on any atom is -0.385 e. The molecule has 0 aliphatic rings. The molecule has 1 amide bonds. The number of halogens is 1. The Hall–Kier alpha value is -2.40. The zero-order valence-electron chi connectivity index (χ0n) is 12.9. The van der Waals surface area contributed by atoms with Crippen LogP contribution in [0.5, 0.6) is 0 Å². The Morgan fingerprint density at radius 3 is 2.70 bits per heavy atom. The molecule has 2 N–H and O–H groups in total. The van der Waals surface area contributed by atoms with Crippen molar-refractivity contribution in [2.75, 3.05) is 11.9 Å². The van der Waals surface area contributed by atoms with E-state index in [1.807, 2.05) is 49.4 Å². The normalized spacial score (nSPS) is 11.1. The largest absolute Gasteiger partial charge is 0.385 e. The van der Waals surface area contributed by atoms with E-state index in [1.165, 1.54) is 0 Å². The fourth-order valence-electron chi connectivity index (χ4n) is 1.89. The molecule has 1 aromatic carbocycles. The fraction of sp³-hybridized carbons (Fsp3) is 0.235. The van der Waals surface area contributed by atoms with Crippen molar-refractivity contribution in [2.24, 2.45) is 5.10 Å². The number of rotatable bonds is 7. The molecule has 6 heteroatoms. The van der Waals surface area contributed by atoms with Crippen LogP contribution in [0.4, 0.5) is 5.69 Å². The molecule has 0 saturated heterocycles. The Bertz CT molecular complexity index is 656. The Morgan fingerprint density at radius 1 is 1.22 bits per heavy atom. The first-order chi connectivity index (χ1) is 11.1. The molecule has 0 aliphatic carbocycles. The third-order valence-corrected chi connectivity index (χ3v) is 3.39. The monoisotopic (exact) mass is 330 g/mol. The minimum absolute atomic E-state index is 0.113. The van der Waals surface area contributed by atoms with Crippen LogP contribution in [-0.4, -0.2) is 23.1 Å². The van der Waals surface area contributed by atoms with Crippen molar-refractivity contribution >= 4 is 28.9 Å². The van der Waals surface area contributed by atoms with Crippen molar-refractivity contribution in [2.45, 2.75) is 19.8 Å². The smallest absolute Gasteiger partial charge is 0.240 e. The summed E-state index contributed by atoms with van der Waals surface area (Å²) in [7, 11) is 0. The summed E-state index contributed by atoms with van der Waals surface area (Å²) in [6.45, 7) is 2.52. The van der Waals surface area contributed by atoms with E-state index in [0.29, 0.717) is 30.1 Å². The van der Waals surface area contributed by atoms with Crippen molar-refractivity contribution in [1.82, 2.24) is 10.4 Å². The molecule has 0 spiro atoms. The molecule has 0 unspecified atom stereocenters. The number of aromatic nitrogens is 1. The van der Waals surface area contributed by atoms with E-state index in [4.69, 9.17) is 11.6 Å². The Labute approximate surface area is 140 Å². The number of hydrogen-bond acceptors (Lipinski definition) is 4. The van der Waals surface area contributed by atoms with E-state index >= 15 is 0 Å². The lowest BCUT2D eigenvalue weighted by atomic mass is 10.2. The summed E-state index contributed by atoms with van der Waals surface area (Å²) in [6, 6.07) is 13.0. The van der Waals surface area contributed by atoms with Crippen molar-refractivity contribution in [3.05, 3.63) is 59.4 Å². The molecule has 0 aliphatic heterocycles. The summed E-state index contributed by atoms with van der Waals surface area (Å²) >= 11 is 5.82. The van der Waals surface area contributed by atoms with Crippen molar-refractivity contribution in [1.29, 1.82) is 0 Å². The number of amides is 1. The number of anilines is 1. The minimum atomic E-state index is -0.113. The molecular formula is C17H19ClN4O. The number of nitrogens with zero attached hydrogens (tertiary/aromatic N) is 2. The molecule has 23 heavy (non-hydrogen) atoms. The second kappa shape index (κ2) is 8.90.